The summed E-state index contributed by atoms with van der Waals surface area (Å²) in [7, 11) is 0. The van der Waals surface area contributed by atoms with Crippen molar-refractivity contribution in [2.24, 2.45) is 0 Å². The summed E-state index contributed by atoms with van der Waals surface area (Å²) >= 11 is 3.66. The lowest BCUT2D eigenvalue weighted by molar-refractivity contribution is 1.12. The van der Waals surface area contributed by atoms with Gasteiger partial charge in [-0.15, -0.1) is 0 Å². The Morgan fingerprint density at radius 2 is 1.72 bits per heavy atom. The van der Waals surface area contributed by atoms with E-state index in [0.29, 0.717) is 4.83 Å². The molecule has 0 fully saturated rings. The van der Waals surface area contributed by atoms with Crippen LogP contribution in [0.1, 0.15) is 17.3 Å². The highest BCUT2D eigenvalue weighted by Gasteiger charge is 2.09. The Kier molecular flexibility index (Phi) is 2.96. The Bertz CT molecular complexity index is 668. The van der Waals surface area contributed by atoms with Gasteiger partial charge in [-0.1, -0.05) is 46.3 Å². The lowest BCUT2D eigenvalue weighted by Gasteiger charge is -2.08. The standard InChI is InChI=1S/C16H14BrN/c1-12(17)14-8-5-9-16-15(14)10-11-18(16)13-6-3-2-4-7-13/h2-12H,1H3. The van der Waals surface area contributed by atoms with Crippen molar-refractivity contribution in [3.63, 3.8) is 0 Å². The first kappa shape index (κ1) is 11.5. The number of hydrogen-bond donors (Lipinski definition) is 0. The molecule has 0 aliphatic rings. The summed E-state index contributed by atoms with van der Waals surface area (Å²) in [4.78, 5) is 0.368. The molecule has 2 aromatic carbocycles. The molecule has 2 heteroatoms. The molecule has 0 N–H and O–H groups in total. The van der Waals surface area contributed by atoms with E-state index >= 15 is 0 Å². The molecule has 3 aromatic rings. The highest BCUT2D eigenvalue weighted by atomic mass is 79.9. The van der Waals surface area contributed by atoms with E-state index in [9.17, 15) is 0 Å². The lowest BCUT2D eigenvalue weighted by Crippen LogP contribution is -1.92. The minimum atomic E-state index is 0.368. The van der Waals surface area contributed by atoms with Gasteiger partial charge in [0.2, 0.25) is 0 Å². The summed E-state index contributed by atoms with van der Waals surface area (Å²) in [5, 5.41) is 1.31. The Hall–Kier alpha value is -1.54. The van der Waals surface area contributed by atoms with E-state index in [1.807, 2.05) is 6.07 Å². The van der Waals surface area contributed by atoms with Crippen LogP contribution in [0.25, 0.3) is 16.6 Å². The first-order chi connectivity index (χ1) is 8.77. The minimum absolute atomic E-state index is 0.368. The van der Waals surface area contributed by atoms with E-state index in [0.717, 1.165) is 0 Å². The van der Waals surface area contributed by atoms with E-state index in [4.69, 9.17) is 0 Å². The molecule has 1 atom stereocenters. The van der Waals surface area contributed by atoms with E-state index < -0.39 is 0 Å². The predicted molar refractivity (Wildman–Crippen MR) is 80.6 cm³/mol. The average molecular weight is 300 g/mol. The maximum absolute atomic E-state index is 3.66. The van der Waals surface area contributed by atoms with Crippen molar-refractivity contribution < 1.29 is 0 Å². The second-order valence-corrected chi connectivity index (χ2v) is 5.79. The molecule has 1 nitrogen and oxygen atoms in total. The molecule has 0 aliphatic carbocycles. The second kappa shape index (κ2) is 4.62. The number of aromatic nitrogens is 1. The lowest BCUT2D eigenvalue weighted by atomic mass is 10.1. The van der Waals surface area contributed by atoms with Crippen LogP contribution >= 0.6 is 15.9 Å². The molecule has 0 saturated carbocycles. The molecule has 1 unspecified atom stereocenters. The number of alkyl halides is 1. The fraction of sp³-hybridized carbons (Fsp3) is 0.125. The maximum atomic E-state index is 3.66. The smallest absolute Gasteiger partial charge is 0.0531 e. The van der Waals surface area contributed by atoms with Gasteiger partial charge in [-0.3, -0.25) is 0 Å². The van der Waals surface area contributed by atoms with E-state index in [2.05, 4.69) is 82.1 Å². The summed E-state index contributed by atoms with van der Waals surface area (Å²) in [5.74, 6) is 0. The van der Waals surface area contributed by atoms with Crippen LogP contribution in [0, 0.1) is 0 Å². The van der Waals surface area contributed by atoms with Gasteiger partial charge in [0.05, 0.1) is 5.52 Å². The van der Waals surface area contributed by atoms with Gasteiger partial charge >= 0.3 is 0 Å². The molecule has 0 bridgehead atoms. The number of nitrogens with zero attached hydrogens (tertiary/aromatic N) is 1. The molecule has 90 valence electrons. The number of fused-ring (bicyclic) bond motifs is 1. The van der Waals surface area contributed by atoms with Crippen LogP contribution < -0.4 is 0 Å². The van der Waals surface area contributed by atoms with Crippen molar-refractivity contribution in [1.82, 2.24) is 4.57 Å². The molecule has 0 amide bonds. The normalized spacial score (nSPS) is 12.8. The first-order valence-corrected chi connectivity index (χ1v) is 6.98. The fourth-order valence-electron chi connectivity index (χ4n) is 2.35. The molecule has 18 heavy (non-hydrogen) atoms. The Morgan fingerprint density at radius 1 is 0.944 bits per heavy atom. The van der Waals surface area contributed by atoms with Gasteiger partial charge in [0, 0.05) is 22.1 Å². The van der Waals surface area contributed by atoms with Gasteiger partial charge < -0.3 is 4.57 Å². The van der Waals surface area contributed by atoms with Gasteiger partial charge in [-0.05, 0) is 36.8 Å². The maximum Gasteiger partial charge on any atom is 0.0531 e. The van der Waals surface area contributed by atoms with Gasteiger partial charge in [0.1, 0.15) is 0 Å². The van der Waals surface area contributed by atoms with Crippen molar-refractivity contribution in [2.75, 3.05) is 0 Å². The van der Waals surface area contributed by atoms with Crippen LogP contribution in [0.4, 0.5) is 0 Å². The van der Waals surface area contributed by atoms with E-state index in [-0.39, 0.29) is 0 Å². The molecule has 0 saturated heterocycles. The van der Waals surface area contributed by atoms with E-state index in [1.165, 1.54) is 22.2 Å². The summed E-state index contributed by atoms with van der Waals surface area (Å²) in [6, 6.07) is 19.1. The van der Waals surface area contributed by atoms with Gasteiger partial charge in [0.15, 0.2) is 0 Å². The summed E-state index contributed by atoms with van der Waals surface area (Å²) < 4.78 is 2.23. The zero-order valence-electron chi connectivity index (χ0n) is 10.2. The van der Waals surface area contributed by atoms with Crippen LogP contribution in [-0.2, 0) is 0 Å². The first-order valence-electron chi connectivity index (χ1n) is 6.07. The zero-order valence-corrected chi connectivity index (χ0v) is 11.8. The van der Waals surface area contributed by atoms with E-state index in [1.54, 1.807) is 0 Å². The van der Waals surface area contributed by atoms with Crippen molar-refractivity contribution in [3.8, 4) is 5.69 Å². The number of rotatable bonds is 2. The average Bonchev–Trinajstić information content (AvgIpc) is 2.83. The highest BCUT2D eigenvalue weighted by Crippen LogP contribution is 2.31. The van der Waals surface area contributed by atoms with Crippen molar-refractivity contribution in [3.05, 3.63) is 66.4 Å². The fourth-order valence-corrected chi connectivity index (χ4v) is 2.75. The monoisotopic (exact) mass is 299 g/mol. The third-order valence-electron chi connectivity index (χ3n) is 3.23. The molecule has 3 rings (SSSR count). The topological polar surface area (TPSA) is 4.93 Å². The van der Waals surface area contributed by atoms with Crippen LogP contribution in [0.15, 0.2) is 60.8 Å². The molecule has 0 spiro atoms. The molecule has 0 radical (unpaired) electrons. The van der Waals surface area contributed by atoms with Crippen LogP contribution in [0.5, 0.6) is 0 Å². The largest absolute Gasteiger partial charge is 0.317 e. The number of para-hydroxylation sites is 1. The van der Waals surface area contributed by atoms with Crippen molar-refractivity contribution >= 4 is 26.8 Å². The molecular formula is C16H14BrN. The number of benzene rings is 2. The van der Waals surface area contributed by atoms with Crippen LogP contribution in [0.3, 0.4) is 0 Å². The van der Waals surface area contributed by atoms with Crippen LogP contribution in [-0.4, -0.2) is 4.57 Å². The SMILES string of the molecule is CC(Br)c1cccc2c1ccn2-c1ccccc1. The van der Waals surface area contributed by atoms with Crippen LogP contribution in [0.2, 0.25) is 0 Å². The third kappa shape index (κ3) is 1.87. The third-order valence-corrected chi connectivity index (χ3v) is 3.72. The molecule has 1 heterocycles. The Balaban J connectivity index is 2.25. The summed E-state index contributed by atoms with van der Waals surface area (Å²) in [5.41, 5.74) is 3.79. The van der Waals surface area contributed by atoms with Gasteiger partial charge in [0.25, 0.3) is 0 Å². The zero-order chi connectivity index (χ0) is 12.5. The number of halogens is 1. The van der Waals surface area contributed by atoms with Gasteiger partial charge in [-0.25, -0.2) is 0 Å². The quantitative estimate of drug-likeness (QED) is 0.581. The second-order valence-electron chi connectivity index (χ2n) is 4.42. The van der Waals surface area contributed by atoms with Crippen molar-refractivity contribution in [2.45, 2.75) is 11.8 Å². The molecule has 0 aliphatic heterocycles. The number of hydrogen-bond acceptors (Lipinski definition) is 0. The Morgan fingerprint density at radius 3 is 2.44 bits per heavy atom. The molecular weight excluding hydrogens is 286 g/mol. The molecule has 1 aromatic heterocycles. The summed E-state index contributed by atoms with van der Waals surface area (Å²) in [6.45, 7) is 2.16. The predicted octanol–water partition coefficient (Wildman–Crippen LogP) is 5.09. The highest BCUT2D eigenvalue weighted by molar-refractivity contribution is 9.09. The summed E-state index contributed by atoms with van der Waals surface area (Å²) in [6.07, 6.45) is 2.14. The van der Waals surface area contributed by atoms with Crippen molar-refractivity contribution in [1.29, 1.82) is 0 Å². The van der Waals surface area contributed by atoms with Gasteiger partial charge in [-0.2, -0.15) is 0 Å². The minimum Gasteiger partial charge on any atom is -0.317 e. The Labute approximate surface area is 115 Å².